The van der Waals surface area contributed by atoms with Crippen LogP contribution in [-0.2, 0) is 26.7 Å². The average Bonchev–Trinajstić information content (AvgIpc) is 3.22. The second-order valence-corrected chi connectivity index (χ2v) is 8.25. The van der Waals surface area contributed by atoms with Crippen molar-refractivity contribution >= 4 is 16.7 Å². The maximum atomic E-state index is 12.9. The minimum atomic E-state index is -0.0550. The van der Waals surface area contributed by atoms with Crippen molar-refractivity contribution in [2.45, 2.75) is 26.6 Å². The molecule has 0 amide bonds. The quantitative estimate of drug-likeness (QED) is 0.413. The number of fused-ring (bicyclic) bond motifs is 3. The van der Waals surface area contributed by atoms with Crippen LogP contribution in [-0.4, -0.2) is 24.1 Å². The summed E-state index contributed by atoms with van der Waals surface area (Å²) in [4.78, 5) is 15.2. The fraction of sp³-hybridized carbons (Fsp3) is 0.192. The summed E-state index contributed by atoms with van der Waals surface area (Å²) in [5.74, 6) is 1.37. The van der Waals surface area contributed by atoms with E-state index in [0.717, 1.165) is 30.0 Å². The van der Waals surface area contributed by atoms with E-state index >= 15 is 0 Å². The molecule has 2 heterocycles. The normalized spacial score (nSPS) is 11.6. The van der Waals surface area contributed by atoms with Crippen LogP contribution in [0.1, 0.15) is 22.5 Å². The highest BCUT2D eigenvalue weighted by Crippen LogP contribution is 2.19. The lowest BCUT2D eigenvalue weighted by molar-refractivity contribution is 0.240. The summed E-state index contributed by atoms with van der Waals surface area (Å²) in [6.45, 7) is 4.17. The van der Waals surface area contributed by atoms with Gasteiger partial charge < -0.3 is 0 Å². The molecule has 0 fully saturated rings. The molecule has 5 rings (SSSR count). The van der Waals surface area contributed by atoms with E-state index in [1.807, 2.05) is 41.7 Å². The Morgan fingerprint density at radius 3 is 2.06 bits per heavy atom. The van der Waals surface area contributed by atoms with Crippen molar-refractivity contribution in [1.82, 2.24) is 24.1 Å². The van der Waals surface area contributed by atoms with Gasteiger partial charge in [-0.1, -0.05) is 72.3 Å². The highest BCUT2D eigenvalue weighted by atomic mass is 16.1. The van der Waals surface area contributed by atoms with Crippen LogP contribution in [0.4, 0.5) is 0 Å². The third-order valence-corrected chi connectivity index (χ3v) is 5.80. The molecule has 6 nitrogen and oxygen atoms in total. The van der Waals surface area contributed by atoms with Gasteiger partial charge in [-0.05, 0) is 30.2 Å². The summed E-state index contributed by atoms with van der Waals surface area (Å²) >= 11 is 0. The molecule has 6 heteroatoms. The van der Waals surface area contributed by atoms with E-state index in [0.29, 0.717) is 17.7 Å². The van der Waals surface area contributed by atoms with E-state index in [2.05, 4.69) is 63.6 Å². The molecule has 32 heavy (non-hydrogen) atoms. The minimum absolute atomic E-state index is 0.0550. The van der Waals surface area contributed by atoms with Crippen molar-refractivity contribution in [1.29, 1.82) is 0 Å². The Bertz CT molecular complexity index is 1400. The summed E-state index contributed by atoms with van der Waals surface area (Å²) < 4.78 is 3.59. The number of benzene rings is 3. The molecule has 0 spiro atoms. The highest BCUT2D eigenvalue weighted by molar-refractivity contribution is 5.81. The van der Waals surface area contributed by atoms with Gasteiger partial charge in [-0.15, -0.1) is 10.2 Å². The first-order valence-electron chi connectivity index (χ1n) is 10.7. The molecule has 0 saturated carbocycles. The van der Waals surface area contributed by atoms with Crippen LogP contribution >= 0.6 is 0 Å². The van der Waals surface area contributed by atoms with E-state index in [-0.39, 0.29) is 5.56 Å². The number of aromatic nitrogens is 4. The lowest BCUT2D eigenvalue weighted by Gasteiger charge is -2.22. The Morgan fingerprint density at radius 2 is 1.44 bits per heavy atom. The predicted molar refractivity (Wildman–Crippen MR) is 126 cm³/mol. The van der Waals surface area contributed by atoms with Crippen molar-refractivity contribution in [2.24, 2.45) is 7.05 Å². The van der Waals surface area contributed by atoms with Crippen molar-refractivity contribution < 1.29 is 0 Å². The van der Waals surface area contributed by atoms with E-state index in [4.69, 9.17) is 0 Å². The van der Waals surface area contributed by atoms with Gasteiger partial charge in [-0.3, -0.25) is 18.7 Å². The van der Waals surface area contributed by atoms with Crippen molar-refractivity contribution in [3.8, 4) is 0 Å². The molecule has 0 atom stereocenters. The van der Waals surface area contributed by atoms with E-state index in [9.17, 15) is 4.79 Å². The maximum absolute atomic E-state index is 12.9. The summed E-state index contributed by atoms with van der Waals surface area (Å²) in [5.41, 5.74) is 4.32. The smallest absolute Gasteiger partial charge is 0.262 e. The second-order valence-electron chi connectivity index (χ2n) is 8.25. The van der Waals surface area contributed by atoms with Crippen LogP contribution in [0.3, 0.4) is 0 Å². The van der Waals surface area contributed by atoms with Crippen molar-refractivity contribution in [2.75, 3.05) is 0 Å². The van der Waals surface area contributed by atoms with E-state index in [1.165, 1.54) is 11.1 Å². The SMILES string of the molecule is Cc1ccc2c(c1)c(=O)n(C)c1nnc(CN(Cc3ccccc3)Cc3ccccc3)n21. The Hall–Kier alpha value is -3.77. The van der Waals surface area contributed by atoms with Gasteiger partial charge in [-0.2, -0.15) is 0 Å². The molecule has 5 aromatic rings. The van der Waals surface area contributed by atoms with Gasteiger partial charge in [0, 0.05) is 20.1 Å². The second kappa shape index (κ2) is 8.40. The Balaban J connectivity index is 1.59. The van der Waals surface area contributed by atoms with Crippen LogP contribution in [0.15, 0.2) is 83.7 Å². The predicted octanol–water partition coefficient (Wildman–Crippen LogP) is 4.09. The summed E-state index contributed by atoms with van der Waals surface area (Å²) in [7, 11) is 1.75. The third-order valence-electron chi connectivity index (χ3n) is 5.80. The number of hydrogen-bond donors (Lipinski definition) is 0. The third kappa shape index (κ3) is 3.81. The van der Waals surface area contributed by atoms with Crippen LogP contribution in [0.2, 0.25) is 0 Å². The fourth-order valence-electron chi connectivity index (χ4n) is 4.21. The molecule has 3 aromatic carbocycles. The fourth-order valence-corrected chi connectivity index (χ4v) is 4.21. The Kier molecular flexibility index (Phi) is 5.29. The van der Waals surface area contributed by atoms with Gasteiger partial charge in [0.15, 0.2) is 5.82 Å². The first-order chi connectivity index (χ1) is 15.6. The topological polar surface area (TPSA) is 55.4 Å². The molecule has 0 aliphatic heterocycles. The van der Waals surface area contributed by atoms with Crippen LogP contribution in [0.5, 0.6) is 0 Å². The largest absolute Gasteiger partial charge is 0.287 e. The molecule has 0 radical (unpaired) electrons. The van der Waals surface area contributed by atoms with Crippen LogP contribution in [0, 0.1) is 6.92 Å². The monoisotopic (exact) mass is 423 g/mol. The number of nitrogens with zero attached hydrogens (tertiary/aromatic N) is 5. The molecule has 0 unspecified atom stereocenters. The molecule has 0 N–H and O–H groups in total. The molecule has 2 aromatic heterocycles. The van der Waals surface area contributed by atoms with Gasteiger partial charge >= 0.3 is 0 Å². The maximum Gasteiger partial charge on any atom is 0.262 e. The highest BCUT2D eigenvalue weighted by Gasteiger charge is 2.18. The van der Waals surface area contributed by atoms with Crippen LogP contribution in [0.25, 0.3) is 16.7 Å². The van der Waals surface area contributed by atoms with Gasteiger partial charge in [0.25, 0.3) is 5.56 Å². The first-order valence-corrected chi connectivity index (χ1v) is 10.7. The molecule has 0 bridgehead atoms. The van der Waals surface area contributed by atoms with E-state index < -0.39 is 0 Å². The number of hydrogen-bond acceptors (Lipinski definition) is 4. The van der Waals surface area contributed by atoms with Gasteiger partial charge in [-0.25, -0.2) is 0 Å². The molecular formula is C26H25N5O. The zero-order chi connectivity index (χ0) is 22.1. The number of aryl methyl sites for hydroxylation is 2. The summed E-state index contributed by atoms with van der Waals surface area (Å²) in [6, 6.07) is 26.8. The minimum Gasteiger partial charge on any atom is -0.287 e. The summed E-state index contributed by atoms with van der Waals surface area (Å²) in [5, 5.41) is 9.55. The lowest BCUT2D eigenvalue weighted by atomic mass is 10.1. The number of rotatable bonds is 6. The first kappa shape index (κ1) is 20.2. The standard InChI is InChI=1S/C26H25N5O/c1-19-13-14-23-22(15-19)25(32)29(2)26-28-27-24(31(23)26)18-30(16-20-9-5-3-6-10-20)17-21-11-7-4-8-12-21/h3-15H,16-18H2,1-2H3. The molecule has 160 valence electrons. The van der Waals surface area contributed by atoms with E-state index in [1.54, 1.807) is 11.6 Å². The Morgan fingerprint density at radius 1 is 0.812 bits per heavy atom. The van der Waals surface area contributed by atoms with Gasteiger partial charge in [0.2, 0.25) is 5.78 Å². The van der Waals surface area contributed by atoms with Gasteiger partial charge in [0.1, 0.15) is 0 Å². The zero-order valence-corrected chi connectivity index (χ0v) is 18.3. The average molecular weight is 424 g/mol. The lowest BCUT2D eigenvalue weighted by Crippen LogP contribution is -2.25. The van der Waals surface area contributed by atoms with Crippen molar-refractivity contribution in [3.63, 3.8) is 0 Å². The Labute approximate surface area is 186 Å². The van der Waals surface area contributed by atoms with Crippen LogP contribution < -0.4 is 5.56 Å². The van der Waals surface area contributed by atoms with Gasteiger partial charge in [0.05, 0.1) is 17.4 Å². The summed E-state index contributed by atoms with van der Waals surface area (Å²) in [6.07, 6.45) is 0. The molecule has 0 saturated heterocycles. The zero-order valence-electron chi connectivity index (χ0n) is 18.3. The van der Waals surface area contributed by atoms with Crippen molar-refractivity contribution in [3.05, 3.63) is 112 Å². The molecular weight excluding hydrogens is 398 g/mol. The molecule has 0 aliphatic carbocycles. The molecule has 0 aliphatic rings.